The fourth-order valence-corrected chi connectivity index (χ4v) is 2.02. The van der Waals surface area contributed by atoms with Crippen molar-refractivity contribution in [3.05, 3.63) is 0 Å². The van der Waals surface area contributed by atoms with Crippen LogP contribution >= 0.6 is 0 Å². The Hall–Kier alpha value is -0.610. The summed E-state index contributed by atoms with van der Waals surface area (Å²) in [5.41, 5.74) is 0. The number of piperidine rings is 1. The van der Waals surface area contributed by atoms with Gasteiger partial charge in [0.1, 0.15) is 0 Å². The lowest BCUT2D eigenvalue weighted by atomic mass is 10.0. The van der Waals surface area contributed by atoms with Crippen molar-refractivity contribution in [2.75, 3.05) is 33.2 Å². The molecule has 1 aliphatic heterocycles. The van der Waals surface area contributed by atoms with E-state index in [0.29, 0.717) is 6.04 Å². The summed E-state index contributed by atoms with van der Waals surface area (Å²) in [6.45, 7) is 5.64. The first-order valence-electron chi connectivity index (χ1n) is 5.28. The van der Waals surface area contributed by atoms with E-state index in [4.69, 9.17) is 5.11 Å². The van der Waals surface area contributed by atoms with Gasteiger partial charge in [-0.15, -0.1) is 0 Å². The van der Waals surface area contributed by atoms with Gasteiger partial charge in [0.2, 0.25) is 0 Å². The van der Waals surface area contributed by atoms with Crippen molar-refractivity contribution in [3.8, 4) is 0 Å². The molecule has 0 saturated carbocycles. The molecular formula is C10H20N2O2. The van der Waals surface area contributed by atoms with Gasteiger partial charge < -0.3 is 10.0 Å². The molecule has 14 heavy (non-hydrogen) atoms. The van der Waals surface area contributed by atoms with Gasteiger partial charge in [-0.25, -0.2) is 0 Å². The Morgan fingerprint density at radius 2 is 2.07 bits per heavy atom. The molecule has 1 saturated heterocycles. The van der Waals surface area contributed by atoms with Gasteiger partial charge in [-0.2, -0.15) is 0 Å². The number of hydrogen-bond donors (Lipinski definition) is 1. The van der Waals surface area contributed by atoms with Gasteiger partial charge in [-0.05, 0) is 39.5 Å². The lowest BCUT2D eigenvalue weighted by Crippen LogP contribution is -2.44. The van der Waals surface area contributed by atoms with Gasteiger partial charge in [-0.3, -0.25) is 9.69 Å². The van der Waals surface area contributed by atoms with E-state index in [-0.39, 0.29) is 6.54 Å². The van der Waals surface area contributed by atoms with Crippen LogP contribution in [0.2, 0.25) is 0 Å². The first-order valence-corrected chi connectivity index (χ1v) is 5.28. The lowest BCUT2D eigenvalue weighted by molar-refractivity contribution is -0.138. The van der Waals surface area contributed by atoms with Crippen molar-refractivity contribution >= 4 is 5.97 Å². The van der Waals surface area contributed by atoms with Crippen LogP contribution < -0.4 is 0 Å². The van der Waals surface area contributed by atoms with Gasteiger partial charge in [0.15, 0.2) is 0 Å². The number of carboxylic acid groups (broad SMARTS) is 1. The molecule has 1 fully saturated rings. The van der Waals surface area contributed by atoms with E-state index in [1.807, 2.05) is 11.9 Å². The van der Waals surface area contributed by atoms with Crippen LogP contribution in [0.15, 0.2) is 0 Å². The van der Waals surface area contributed by atoms with Crippen LogP contribution in [0.5, 0.6) is 0 Å². The molecule has 1 rings (SSSR count). The van der Waals surface area contributed by atoms with Crippen molar-refractivity contribution in [2.24, 2.45) is 0 Å². The summed E-state index contributed by atoms with van der Waals surface area (Å²) in [6, 6.07) is 0.453. The normalized spacial score (nSPS) is 20.2. The van der Waals surface area contributed by atoms with Gasteiger partial charge >= 0.3 is 5.97 Å². The van der Waals surface area contributed by atoms with Gasteiger partial charge in [0.05, 0.1) is 6.54 Å². The maximum atomic E-state index is 10.5. The van der Waals surface area contributed by atoms with Crippen molar-refractivity contribution in [3.63, 3.8) is 0 Å². The molecule has 4 nitrogen and oxygen atoms in total. The highest BCUT2D eigenvalue weighted by Crippen LogP contribution is 2.14. The summed E-state index contributed by atoms with van der Waals surface area (Å²) in [5.74, 6) is -0.731. The number of carbonyl (C=O) groups is 1. The molecule has 82 valence electrons. The van der Waals surface area contributed by atoms with Crippen LogP contribution in [0.4, 0.5) is 0 Å². The quantitative estimate of drug-likeness (QED) is 0.717. The van der Waals surface area contributed by atoms with Crippen molar-refractivity contribution < 1.29 is 9.90 Å². The topological polar surface area (TPSA) is 43.8 Å². The minimum Gasteiger partial charge on any atom is -0.480 e. The summed E-state index contributed by atoms with van der Waals surface area (Å²) in [7, 11) is 1.90. The number of likely N-dealkylation sites (tertiary alicyclic amines) is 1. The molecule has 0 unspecified atom stereocenters. The van der Waals surface area contributed by atoms with E-state index in [2.05, 4.69) is 11.8 Å². The number of carboxylic acids is 1. The predicted molar refractivity (Wildman–Crippen MR) is 55.4 cm³/mol. The zero-order valence-corrected chi connectivity index (χ0v) is 9.07. The number of nitrogens with zero attached hydrogens (tertiary/aromatic N) is 2. The third-order valence-corrected chi connectivity index (χ3v) is 3.01. The summed E-state index contributed by atoms with van der Waals surface area (Å²) in [4.78, 5) is 14.9. The molecule has 0 amide bonds. The molecule has 0 aromatic carbocycles. The number of rotatable bonds is 4. The van der Waals surface area contributed by atoms with Crippen molar-refractivity contribution in [2.45, 2.75) is 25.8 Å². The molecule has 0 radical (unpaired) electrons. The molecule has 0 aliphatic carbocycles. The number of likely N-dealkylation sites (N-methyl/N-ethyl adjacent to an activating group) is 1. The SMILES string of the molecule is CCN1CCC(N(C)CC(=O)O)CC1. The summed E-state index contributed by atoms with van der Waals surface area (Å²) in [5, 5.41) is 8.66. The van der Waals surface area contributed by atoms with Crippen LogP contribution in [0.3, 0.4) is 0 Å². The average molecular weight is 200 g/mol. The van der Waals surface area contributed by atoms with Crippen LogP contribution in [-0.4, -0.2) is 60.1 Å². The molecule has 0 atom stereocenters. The molecule has 0 aromatic heterocycles. The molecule has 1 N–H and O–H groups in total. The zero-order valence-electron chi connectivity index (χ0n) is 9.07. The molecule has 1 heterocycles. The third-order valence-electron chi connectivity index (χ3n) is 3.01. The Labute approximate surface area is 85.5 Å². The Balaban J connectivity index is 2.30. The molecule has 0 spiro atoms. The first kappa shape index (κ1) is 11.5. The molecular weight excluding hydrogens is 180 g/mol. The van der Waals surface area contributed by atoms with Crippen LogP contribution in [-0.2, 0) is 4.79 Å². The maximum absolute atomic E-state index is 10.5. The molecule has 1 aliphatic rings. The van der Waals surface area contributed by atoms with E-state index in [1.54, 1.807) is 0 Å². The second kappa shape index (κ2) is 5.32. The summed E-state index contributed by atoms with van der Waals surface area (Å²) >= 11 is 0. The minimum atomic E-state index is -0.731. The second-order valence-corrected chi connectivity index (χ2v) is 3.97. The monoisotopic (exact) mass is 200 g/mol. The number of hydrogen-bond acceptors (Lipinski definition) is 3. The fraction of sp³-hybridized carbons (Fsp3) is 0.900. The molecule has 0 bridgehead atoms. The Kier molecular flexibility index (Phi) is 4.35. The largest absolute Gasteiger partial charge is 0.480 e. The standard InChI is InChI=1S/C10H20N2O2/c1-3-12-6-4-9(5-7-12)11(2)8-10(13)14/h9H,3-8H2,1-2H3,(H,13,14). The Morgan fingerprint density at radius 3 is 2.50 bits per heavy atom. The van der Waals surface area contributed by atoms with Crippen LogP contribution in [0, 0.1) is 0 Å². The van der Waals surface area contributed by atoms with Gasteiger partial charge in [-0.1, -0.05) is 6.92 Å². The van der Waals surface area contributed by atoms with Gasteiger partial charge in [0, 0.05) is 6.04 Å². The van der Waals surface area contributed by atoms with Crippen LogP contribution in [0.1, 0.15) is 19.8 Å². The highest BCUT2D eigenvalue weighted by molar-refractivity contribution is 5.69. The Morgan fingerprint density at radius 1 is 1.50 bits per heavy atom. The second-order valence-electron chi connectivity index (χ2n) is 3.97. The fourth-order valence-electron chi connectivity index (χ4n) is 2.02. The van der Waals surface area contributed by atoms with Crippen molar-refractivity contribution in [1.82, 2.24) is 9.80 Å². The summed E-state index contributed by atoms with van der Waals surface area (Å²) < 4.78 is 0. The Bertz CT molecular complexity index is 189. The average Bonchev–Trinajstić information content (AvgIpc) is 2.17. The molecule has 4 heteroatoms. The van der Waals surface area contributed by atoms with Gasteiger partial charge in [0.25, 0.3) is 0 Å². The van der Waals surface area contributed by atoms with E-state index >= 15 is 0 Å². The highest BCUT2D eigenvalue weighted by atomic mass is 16.4. The smallest absolute Gasteiger partial charge is 0.317 e. The van der Waals surface area contributed by atoms with Crippen LogP contribution in [0.25, 0.3) is 0 Å². The van der Waals surface area contributed by atoms with Crippen molar-refractivity contribution in [1.29, 1.82) is 0 Å². The first-order chi connectivity index (χ1) is 6.63. The van der Waals surface area contributed by atoms with E-state index in [9.17, 15) is 4.79 Å². The molecule has 0 aromatic rings. The lowest BCUT2D eigenvalue weighted by Gasteiger charge is -2.35. The highest BCUT2D eigenvalue weighted by Gasteiger charge is 2.22. The summed E-state index contributed by atoms with van der Waals surface area (Å²) in [6.07, 6.45) is 2.19. The van der Waals surface area contributed by atoms with E-state index in [0.717, 1.165) is 32.5 Å². The van der Waals surface area contributed by atoms with E-state index in [1.165, 1.54) is 0 Å². The third kappa shape index (κ3) is 3.27. The predicted octanol–water partition coefficient (Wildman–Crippen LogP) is 0.487. The van der Waals surface area contributed by atoms with E-state index < -0.39 is 5.97 Å². The zero-order chi connectivity index (χ0) is 10.6. The maximum Gasteiger partial charge on any atom is 0.317 e. The minimum absolute atomic E-state index is 0.163. The number of aliphatic carboxylic acids is 1.